The van der Waals surface area contributed by atoms with Crippen molar-refractivity contribution in [2.24, 2.45) is 0 Å². The number of ketones is 1. The molecule has 36 heavy (non-hydrogen) atoms. The summed E-state index contributed by atoms with van der Waals surface area (Å²) in [6, 6.07) is 14.1. The molecule has 8 heteroatoms. The van der Waals surface area contributed by atoms with E-state index in [2.05, 4.69) is 5.32 Å². The maximum absolute atomic E-state index is 12.5. The number of anilines is 2. The summed E-state index contributed by atoms with van der Waals surface area (Å²) < 4.78 is 27.3. The lowest BCUT2D eigenvalue weighted by Gasteiger charge is -2.15. The van der Waals surface area contributed by atoms with Gasteiger partial charge in [-0.2, -0.15) is 0 Å². The topological polar surface area (TPSA) is 101 Å². The predicted octanol–water partition coefficient (Wildman–Crippen LogP) is 5.29. The Kier molecular flexibility index (Phi) is 8.83. The minimum atomic E-state index is -0.168. The van der Waals surface area contributed by atoms with Crippen molar-refractivity contribution in [2.75, 3.05) is 46.6 Å². The zero-order valence-electron chi connectivity index (χ0n) is 21.0. The van der Waals surface area contributed by atoms with Gasteiger partial charge in [0, 0.05) is 29.1 Å². The van der Waals surface area contributed by atoms with Crippen LogP contribution in [0, 0.1) is 0 Å². The first kappa shape index (κ1) is 26.0. The summed E-state index contributed by atoms with van der Waals surface area (Å²) in [6.45, 7) is 0. The van der Waals surface area contributed by atoms with Crippen molar-refractivity contribution in [3.05, 3.63) is 77.5 Å². The molecule has 0 atom stereocenters. The Morgan fingerprint density at radius 3 is 1.92 bits per heavy atom. The van der Waals surface area contributed by atoms with Crippen LogP contribution in [0.1, 0.15) is 21.5 Å². The van der Waals surface area contributed by atoms with Crippen molar-refractivity contribution in [2.45, 2.75) is 0 Å². The summed E-state index contributed by atoms with van der Waals surface area (Å²) in [6.07, 6.45) is 6.81. The van der Waals surface area contributed by atoms with Crippen LogP contribution in [0.4, 0.5) is 11.4 Å². The summed E-state index contributed by atoms with van der Waals surface area (Å²) in [5, 5.41) is 3.17. The van der Waals surface area contributed by atoms with Crippen LogP contribution in [0.3, 0.4) is 0 Å². The molecule has 3 aromatic carbocycles. The van der Waals surface area contributed by atoms with Gasteiger partial charge < -0.3 is 34.7 Å². The van der Waals surface area contributed by atoms with Crippen LogP contribution in [0.2, 0.25) is 0 Å². The first-order valence-corrected chi connectivity index (χ1v) is 11.0. The highest BCUT2D eigenvalue weighted by atomic mass is 16.5. The van der Waals surface area contributed by atoms with Crippen LogP contribution >= 0.6 is 0 Å². The molecule has 0 amide bonds. The molecule has 3 rings (SSSR count). The van der Waals surface area contributed by atoms with Gasteiger partial charge in [-0.25, -0.2) is 0 Å². The van der Waals surface area contributed by atoms with E-state index in [1.807, 2.05) is 36.4 Å². The third-order valence-corrected chi connectivity index (χ3v) is 5.38. The summed E-state index contributed by atoms with van der Waals surface area (Å²) >= 11 is 0. The molecule has 0 aliphatic rings. The normalized spacial score (nSPS) is 10.9. The molecule has 0 heterocycles. The highest BCUT2D eigenvalue weighted by Crippen LogP contribution is 2.40. The lowest BCUT2D eigenvalue weighted by atomic mass is 10.1. The van der Waals surface area contributed by atoms with E-state index in [-0.39, 0.29) is 5.78 Å². The number of nitrogens with one attached hydrogen (secondary N) is 1. The summed E-state index contributed by atoms with van der Waals surface area (Å²) in [5.41, 5.74) is 9.08. The molecule has 0 unspecified atom stereocenters. The SMILES string of the molecule is COc1cc(/C=C\c2ccc(OC)c(OC)c2N/C=C\C(=O)c2ccc(N)cc2)cc(OC)c1OC. The number of carbonyl (C=O) groups excluding carboxylic acids is 1. The fraction of sp³-hybridized carbons (Fsp3) is 0.179. The van der Waals surface area contributed by atoms with Crippen LogP contribution in [0.15, 0.2) is 60.8 Å². The molecule has 0 aliphatic carbocycles. The molecular weight excluding hydrogens is 460 g/mol. The average Bonchev–Trinajstić information content (AvgIpc) is 2.91. The number of hydrogen-bond acceptors (Lipinski definition) is 8. The molecule has 3 N–H and O–H groups in total. The van der Waals surface area contributed by atoms with Gasteiger partial charge in [-0.15, -0.1) is 0 Å². The monoisotopic (exact) mass is 490 g/mol. The Balaban J connectivity index is 1.95. The van der Waals surface area contributed by atoms with Gasteiger partial charge in [-0.3, -0.25) is 4.79 Å². The first-order chi connectivity index (χ1) is 17.4. The van der Waals surface area contributed by atoms with Crippen molar-refractivity contribution in [3.63, 3.8) is 0 Å². The summed E-state index contributed by atoms with van der Waals surface area (Å²) in [4.78, 5) is 12.5. The standard InChI is InChI=1S/C28H30N2O6/c1-32-23-13-10-20(7-6-18-16-24(33-2)27(35-4)25(17-18)34-3)26(28(23)36-5)30-15-14-22(31)19-8-11-21(29)12-9-19/h6-17,30H,29H2,1-5H3/b7-6-,15-14-. The minimum absolute atomic E-state index is 0.168. The molecule has 0 saturated carbocycles. The van der Waals surface area contributed by atoms with Gasteiger partial charge in [0.1, 0.15) is 0 Å². The number of ether oxygens (including phenoxy) is 5. The molecule has 188 valence electrons. The van der Waals surface area contributed by atoms with E-state index < -0.39 is 0 Å². The van der Waals surface area contributed by atoms with E-state index in [1.54, 1.807) is 66.0 Å². The lowest BCUT2D eigenvalue weighted by molar-refractivity contribution is 0.104. The second-order valence-electron chi connectivity index (χ2n) is 7.52. The number of allylic oxidation sites excluding steroid dienone is 1. The molecule has 0 aliphatic heterocycles. The van der Waals surface area contributed by atoms with Crippen LogP contribution in [-0.4, -0.2) is 41.3 Å². The van der Waals surface area contributed by atoms with Crippen LogP contribution < -0.4 is 34.7 Å². The van der Waals surface area contributed by atoms with E-state index in [1.165, 1.54) is 6.08 Å². The third-order valence-electron chi connectivity index (χ3n) is 5.38. The van der Waals surface area contributed by atoms with Gasteiger partial charge in [0.05, 0.1) is 41.2 Å². The molecule has 8 nitrogen and oxygen atoms in total. The second kappa shape index (κ2) is 12.2. The highest BCUT2D eigenvalue weighted by molar-refractivity contribution is 6.04. The number of nitrogens with two attached hydrogens (primary N) is 1. The number of rotatable bonds is 11. The van der Waals surface area contributed by atoms with Crippen molar-refractivity contribution in [3.8, 4) is 28.7 Å². The number of nitrogen functional groups attached to an aromatic ring is 1. The predicted molar refractivity (Wildman–Crippen MR) is 143 cm³/mol. The van der Waals surface area contributed by atoms with Gasteiger partial charge >= 0.3 is 0 Å². The third kappa shape index (κ3) is 5.90. The van der Waals surface area contributed by atoms with E-state index in [0.29, 0.717) is 45.7 Å². The Bertz CT molecular complexity index is 1240. The molecule has 0 radical (unpaired) electrons. The highest BCUT2D eigenvalue weighted by Gasteiger charge is 2.15. The fourth-order valence-corrected chi connectivity index (χ4v) is 3.56. The Morgan fingerprint density at radius 1 is 0.750 bits per heavy atom. The summed E-state index contributed by atoms with van der Waals surface area (Å²) in [5.74, 6) is 2.48. The number of methoxy groups -OCH3 is 5. The zero-order chi connectivity index (χ0) is 26.1. The van der Waals surface area contributed by atoms with Crippen molar-refractivity contribution in [1.29, 1.82) is 0 Å². The Morgan fingerprint density at radius 2 is 1.36 bits per heavy atom. The molecule has 0 bridgehead atoms. The Hall–Kier alpha value is -4.59. The molecule has 3 aromatic rings. The maximum Gasteiger partial charge on any atom is 0.203 e. The number of hydrogen-bond donors (Lipinski definition) is 2. The van der Waals surface area contributed by atoms with E-state index in [4.69, 9.17) is 29.4 Å². The number of benzene rings is 3. The summed E-state index contributed by atoms with van der Waals surface area (Å²) in [7, 11) is 7.81. The zero-order valence-corrected chi connectivity index (χ0v) is 21.0. The van der Waals surface area contributed by atoms with E-state index >= 15 is 0 Å². The van der Waals surface area contributed by atoms with Gasteiger partial charge in [0.2, 0.25) is 5.75 Å². The smallest absolute Gasteiger partial charge is 0.203 e. The number of carbonyl (C=O) groups is 1. The van der Waals surface area contributed by atoms with Crippen molar-refractivity contribution >= 4 is 29.3 Å². The van der Waals surface area contributed by atoms with Gasteiger partial charge in [-0.1, -0.05) is 12.2 Å². The van der Waals surface area contributed by atoms with Crippen LogP contribution in [0.25, 0.3) is 12.2 Å². The van der Waals surface area contributed by atoms with Gasteiger partial charge in [0.25, 0.3) is 0 Å². The van der Waals surface area contributed by atoms with Crippen LogP contribution in [0.5, 0.6) is 28.7 Å². The molecule has 0 spiro atoms. The van der Waals surface area contributed by atoms with Crippen molar-refractivity contribution in [1.82, 2.24) is 0 Å². The molecule has 0 aromatic heterocycles. The first-order valence-electron chi connectivity index (χ1n) is 11.0. The average molecular weight is 491 g/mol. The van der Waals surface area contributed by atoms with Crippen molar-refractivity contribution < 1.29 is 28.5 Å². The fourth-order valence-electron chi connectivity index (χ4n) is 3.56. The van der Waals surface area contributed by atoms with E-state index in [0.717, 1.165) is 11.1 Å². The lowest BCUT2D eigenvalue weighted by Crippen LogP contribution is -2.01. The molecule has 0 saturated heterocycles. The molecular formula is C28H30N2O6. The second-order valence-corrected chi connectivity index (χ2v) is 7.52. The van der Waals surface area contributed by atoms with Gasteiger partial charge in [0.15, 0.2) is 28.8 Å². The van der Waals surface area contributed by atoms with E-state index in [9.17, 15) is 4.79 Å². The Labute approximate surface area is 210 Å². The maximum atomic E-state index is 12.5. The quantitative estimate of drug-likeness (QED) is 0.162. The van der Waals surface area contributed by atoms with Crippen LogP contribution in [-0.2, 0) is 0 Å². The minimum Gasteiger partial charge on any atom is -0.493 e. The molecule has 0 fully saturated rings. The van der Waals surface area contributed by atoms with Gasteiger partial charge in [-0.05, 0) is 54.1 Å². The largest absolute Gasteiger partial charge is 0.493 e.